The summed E-state index contributed by atoms with van der Waals surface area (Å²) >= 11 is 0. The Morgan fingerprint density at radius 2 is 1.37 bits per heavy atom. The van der Waals surface area contributed by atoms with Crippen molar-refractivity contribution in [3.8, 4) is 0 Å². The Hall–Kier alpha value is -0.530. The second-order valence-electron chi connectivity index (χ2n) is 5.84. The molecule has 0 aromatic carbocycles. The lowest BCUT2D eigenvalue weighted by Gasteiger charge is -2.13. The highest BCUT2D eigenvalue weighted by molar-refractivity contribution is 5.76. The fraction of sp³-hybridized carbons (Fsp3) is 0.941. The third-order valence-electron chi connectivity index (χ3n) is 3.66. The Labute approximate surface area is 120 Å². The number of amides is 1. The molecule has 0 radical (unpaired) electrons. The maximum absolute atomic E-state index is 11.7. The molecule has 114 valence electrons. The van der Waals surface area contributed by atoms with E-state index in [2.05, 4.69) is 26.1 Å². The molecule has 0 saturated carbocycles. The van der Waals surface area contributed by atoms with Gasteiger partial charge in [0.25, 0.3) is 0 Å². The molecular formula is C17H35NO. The molecule has 19 heavy (non-hydrogen) atoms. The quantitative estimate of drug-likeness (QED) is 0.457. The number of unbranched alkanes of at least 4 members (excludes halogenated alkanes) is 8. The van der Waals surface area contributed by atoms with E-state index in [4.69, 9.17) is 0 Å². The number of hydrogen-bond acceptors (Lipinski definition) is 1. The summed E-state index contributed by atoms with van der Waals surface area (Å²) in [7, 11) is 0. The second-order valence-corrected chi connectivity index (χ2v) is 5.84. The van der Waals surface area contributed by atoms with E-state index in [1.54, 1.807) is 0 Å². The van der Waals surface area contributed by atoms with Gasteiger partial charge in [0, 0.05) is 12.5 Å². The van der Waals surface area contributed by atoms with Crippen molar-refractivity contribution in [1.82, 2.24) is 5.32 Å². The fourth-order valence-corrected chi connectivity index (χ4v) is 2.36. The Balaban J connectivity index is 3.33. The van der Waals surface area contributed by atoms with Crippen LogP contribution in [0.15, 0.2) is 0 Å². The van der Waals surface area contributed by atoms with Gasteiger partial charge in [0.2, 0.25) is 5.91 Å². The lowest BCUT2D eigenvalue weighted by atomic mass is 10.1. The van der Waals surface area contributed by atoms with E-state index in [1.165, 1.54) is 57.8 Å². The summed E-state index contributed by atoms with van der Waals surface area (Å²) in [5, 5.41) is 3.11. The van der Waals surface area contributed by atoms with Crippen LogP contribution in [0, 0.1) is 0 Å². The summed E-state index contributed by atoms with van der Waals surface area (Å²) < 4.78 is 0. The van der Waals surface area contributed by atoms with Crippen molar-refractivity contribution in [2.45, 2.75) is 104 Å². The molecule has 0 aliphatic rings. The lowest BCUT2D eigenvalue weighted by molar-refractivity contribution is -0.121. The van der Waals surface area contributed by atoms with Crippen molar-refractivity contribution < 1.29 is 4.79 Å². The van der Waals surface area contributed by atoms with Crippen molar-refractivity contribution in [1.29, 1.82) is 0 Å². The molecule has 0 saturated heterocycles. The molecule has 1 unspecified atom stereocenters. The Bertz CT molecular complexity index is 203. The average molecular weight is 269 g/mol. The van der Waals surface area contributed by atoms with Gasteiger partial charge in [0.1, 0.15) is 0 Å². The summed E-state index contributed by atoms with van der Waals surface area (Å²) in [4.78, 5) is 11.7. The van der Waals surface area contributed by atoms with Crippen LogP contribution in [0.25, 0.3) is 0 Å². The van der Waals surface area contributed by atoms with Crippen LogP contribution in [0.4, 0.5) is 0 Å². The maximum atomic E-state index is 11.7. The van der Waals surface area contributed by atoms with Gasteiger partial charge in [-0.05, 0) is 19.8 Å². The molecule has 2 nitrogen and oxygen atoms in total. The van der Waals surface area contributed by atoms with Crippen molar-refractivity contribution in [2.75, 3.05) is 0 Å². The SMILES string of the molecule is CCCCCCCCCC(=O)NC(C)CCCCC. The zero-order valence-electron chi connectivity index (χ0n) is 13.5. The van der Waals surface area contributed by atoms with Crippen LogP contribution in [0.2, 0.25) is 0 Å². The molecule has 0 spiro atoms. The van der Waals surface area contributed by atoms with Crippen molar-refractivity contribution in [3.05, 3.63) is 0 Å². The van der Waals surface area contributed by atoms with Gasteiger partial charge in [-0.3, -0.25) is 4.79 Å². The zero-order valence-corrected chi connectivity index (χ0v) is 13.5. The molecule has 0 fully saturated rings. The third kappa shape index (κ3) is 13.7. The summed E-state index contributed by atoms with van der Waals surface area (Å²) in [6.45, 7) is 6.58. The van der Waals surface area contributed by atoms with Crippen LogP contribution in [-0.2, 0) is 4.79 Å². The molecular weight excluding hydrogens is 234 g/mol. The lowest BCUT2D eigenvalue weighted by Crippen LogP contribution is -2.32. The minimum atomic E-state index is 0.248. The van der Waals surface area contributed by atoms with Crippen LogP contribution < -0.4 is 5.32 Å². The van der Waals surface area contributed by atoms with E-state index in [1.807, 2.05) is 0 Å². The van der Waals surface area contributed by atoms with Gasteiger partial charge in [-0.1, -0.05) is 71.6 Å². The largest absolute Gasteiger partial charge is 0.354 e. The second kappa shape index (κ2) is 13.9. The van der Waals surface area contributed by atoms with Gasteiger partial charge in [0.15, 0.2) is 0 Å². The molecule has 1 N–H and O–H groups in total. The molecule has 2 heteroatoms. The molecule has 0 bridgehead atoms. The number of rotatable bonds is 13. The zero-order chi connectivity index (χ0) is 14.3. The monoisotopic (exact) mass is 269 g/mol. The first-order valence-electron chi connectivity index (χ1n) is 8.50. The molecule has 0 aliphatic heterocycles. The summed E-state index contributed by atoms with van der Waals surface area (Å²) in [5.41, 5.74) is 0. The van der Waals surface area contributed by atoms with E-state index in [0.717, 1.165) is 12.8 Å². The van der Waals surface area contributed by atoms with Crippen molar-refractivity contribution >= 4 is 5.91 Å². The molecule has 0 aliphatic carbocycles. The number of carbonyl (C=O) groups excluding carboxylic acids is 1. The van der Waals surface area contributed by atoms with Crippen LogP contribution >= 0.6 is 0 Å². The van der Waals surface area contributed by atoms with Crippen LogP contribution in [0.1, 0.15) is 97.8 Å². The van der Waals surface area contributed by atoms with Crippen LogP contribution in [0.3, 0.4) is 0 Å². The minimum absolute atomic E-state index is 0.248. The highest BCUT2D eigenvalue weighted by Crippen LogP contribution is 2.09. The highest BCUT2D eigenvalue weighted by atomic mass is 16.1. The number of hydrogen-bond donors (Lipinski definition) is 1. The van der Waals surface area contributed by atoms with Crippen LogP contribution in [0.5, 0.6) is 0 Å². The summed E-state index contributed by atoms with van der Waals surface area (Å²) in [6, 6.07) is 0.351. The number of nitrogens with one attached hydrogen (secondary N) is 1. The topological polar surface area (TPSA) is 29.1 Å². The first-order valence-corrected chi connectivity index (χ1v) is 8.50. The standard InChI is InChI=1S/C17H35NO/c1-4-6-8-9-10-11-13-15-17(19)18-16(3)14-12-7-5-2/h16H,4-15H2,1-3H3,(H,18,19). The predicted molar refractivity (Wildman–Crippen MR) is 84.4 cm³/mol. The van der Waals surface area contributed by atoms with E-state index in [9.17, 15) is 4.79 Å². The van der Waals surface area contributed by atoms with Gasteiger partial charge in [-0.2, -0.15) is 0 Å². The Kier molecular flexibility index (Phi) is 13.5. The normalized spacial score (nSPS) is 12.4. The van der Waals surface area contributed by atoms with Gasteiger partial charge in [0.05, 0.1) is 0 Å². The van der Waals surface area contributed by atoms with Gasteiger partial charge in [-0.15, -0.1) is 0 Å². The summed E-state index contributed by atoms with van der Waals surface area (Å²) in [6.07, 6.45) is 14.5. The van der Waals surface area contributed by atoms with E-state index in [0.29, 0.717) is 12.5 Å². The molecule has 0 aromatic rings. The highest BCUT2D eigenvalue weighted by Gasteiger charge is 2.06. The molecule has 0 heterocycles. The predicted octanol–water partition coefficient (Wildman–Crippen LogP) is 5.21. The van der Waals surface area contributed by atoms with E-state index < -0.39 is 0 Å². The first kappa shape index (κ1) is 18.5. The molecule has 1 atom stereocenters. The molecule has 0 aromatic heterocycles. The van der Waals surface area contributed by atoms with Gasteiger partial charge in [-0.25, -0.2) is 0 Å². The van der Waals surface area contributed by atoms with Crippen LogP contribution in [-0.4, -0.2) is 11.9 Å². The smallest absolute Gasteiger partial charge is 0.220 e. The summed E-state index contributed by atoms with van der Waals surface area (Å²) in [5.74, 6) is 0.248. The molecule has 0 rings (SSSR count). The third-order valence-corrected chi connectivity index (χ3v) is 3.66. The molecule has 1 amide bonds. The first-order chi connectivity index (χ1) is 9.20. The van der Waals surface area contributed by atoms with Crippen molar-refractivity contribution in [2.24, 2.45) is 0 Å². The van der Waals surface area contributed by atoms with Crippen molar-refractivity contribution in [3.63, 3.8) is 0 Å². The van der Waals surface area contributed by atoms with E-state index in [-0.39, 0.29) is 5.91 Å². The Morgan fingerprint density at radius 3 is 2.00 bits per heavy atom. The number of carbonyl (C=O) groups is 1. The van der Waals surface area contributed by atoms with E-state index >= 15 is 0 Å². The van der Waals surface area contributed by atoms with Gasteiger partial charge < -0.3 is 5.32 Å². The van der Waals surface area contributed by atoms with Gasteiger partial charge >= 0.3 is 0 Å². The minimum Gasteiger partial charge on any atom is -0.354 e. The Morgan fingerprint density at radius 1 is 0.842 bits per heavy atom. The average Bonchev–Trinajstić information content (AvgIpc) is 2.38. The maximum Gasteiger partial charge on any atom is 0.220 e. The fourth-order valence-electron chi connectivity index (χ4n) is 2.36.